The molecule has 28 heavy (non-hydrogen) atoms. The fourth-order valence-electron chi connectivity index (χ4n) is 4.16. The van der Waals surface area contributed by atoms with Crippen LogP contribution in [0, 0.1) is 15.9 Å². The maximum atomic E-state index is 14.2. The number of fused-ring (bicyclic) bond motifs is 1. The van der Waals surface area contributed by atoms with E-state index in [1.807, 2.05) is 12.1 Å². The average Bonchev–Trinajstić information content (AvgIpc) is 2.99. The highest BCUT2D eigenvalue weighted by molar-refractivity contribution is 6.09. The molecule has 1 aliphatic heterocycles. The van der Waals surface area contributed by atoms with E-state index in [9.17, 15) is 19.3 Å². The van der Waals surface area contributed by atoms with Gasteiger partial charge in [-0.1, -0.05) is 60.7 Å². The van der Waals surface area contributed by atoms with E-state index in [4.69, 9.17) is 0 Å². The Morgan fingerprint density at radius 1 is 1.00 bits per heavy atom. The van der Waals surface area contributed by atoms with Crippen LogP contribution in [0.15, 0.2) is 78.9 Å². The lowest BCUT2D eigenvalue weighted by molar-refractivity contribution is -0.484. The summed E-state index contributed by atoms with van der Waals surface area (Å²) in [6.07, 6.45) is 0. The summed E-state index contributed by atoms with van der Waals surface area (Å²) in [6, 6.07) is 21.8. The zero-order valence-electron chi connectivity index (χ0n) is 14.8. The standard InChI is InChI=1S/C22H17FN2O3/c23-17-11-12-20-18(13-17)22(21(26)24-20,16-9-5-2-6-10-16)19(14-25(27)28)15-7-3-1-4-8-15/h1-13,19H,14H2,(H,24,26)/t19-,22-/m1/s1. The summed E-state index contributed by atoms with van der Waals surface area (Å²) in [7, 11) is 0. The van der Waals surface area contributed by atoms with Gasteiger partial charge in [0.1, 0.15) is 11.2 Å². The number of benzene rings is 3. The number of nitrogens with one attached hydrogen (secondary N) is 1. The van der Waals surface area contributed by atoms with Gasteiger partial charge in [-0.2, -0.15) is 0 Å². The number of amides is 1. The number of carbonyl (C=O) groups excluding carboxylic acids is 1. The van der Waals surface area contributed by atoms with Crippen molar-refractivity contribution < 1.29 is 14.1 Å². The number of halogens is 1. The third-order valence-corrected chi connectivity index (χ3v) is 5.30. The van der Waals surface area contributed by atoms with Crippen molar-refractivity contribution in [2.24, 2.45) is 0 Å². The summed E-state index contributed by atoms with van der Waals surface area (Å²) in [5, 5.41) is 14.4. The first-order chi connectivity index (χ1) is 13.5. The summed E-state index contributed by atoms with van der Waals surface area (Å²) in [4.78, 5) is 24.6. The summed E-state index contributed by atoms with van der Waals surface area (Å²) in [5.41, 5.74) is 0.717. The van der Waals surface area contributed by atoms with Gasteiger partial charge in [0.2, 0.25) is 12.5 Å². The van der Waals surface area contributed by atoms with Crippen LogP contribution in [0.5, 0.6) is 0 Å². The van der Waals surface area contributed by atoms with Crippen LogP contribution in [0.1, 0.15) is 22.6 Å². The van der Waals surface area contributed by atoms with Crippen LogP contribution in [0.4, 0.5) is 10.1 Å². The third kappa shape index (κ3) is 2.74. The van der Waals surface area contributed by atoms with Crippen molar-refractivity contribution in [2.45, 2.75) is 11.3 Å². The fourth-order valence-corrected chi connectivity index (χ4v) is 4.16. The van der Waals surface area contributed by atoms with Gasteiger partial charge < -0.3 is 5.32 Å². The van der Waals surface area contributed by atoms with E-state index in [1.165, 1.54) is 18.2 Å². The molecule has 0 saturated carbocycles. The average molecular weight is 376 g/mol. The molecule has 1 N–H and O–H groups in total. The summed E-state index contributed by atoms with van der Waals surface area (Å²) < 4.78 is 14.2. The maximum absolute atomic E-state index is 14.2. The molecule has 3 aromatic carbocycles. The lowest BCUT2D eigenvalue weighted by atomic mass is 9.64. The maximum Gasteiger partial charge on any atom is 0.240 e. The van der Waals surface area contributed by atoms with Gasteiger partial charge in [-0.3, -0.25) is 14.9 Å². The molecular formula is C22H17FN2O3. The van der Waals surface area contributed by atoms with Crippen LogP contribution in [0.25, 0.3) is 0 Å². The second kappa shape index (κ2) is 6.88. The number of anilines is 1. The predicted molar refractivity (Wildman–Crippen MR) is 103 cm³/mol. The van der Waals surface area contributed by atoms with Crippen LogP contribution < -0.4 is 5.32 Å². The summed E-state index contributed by atoms with van der Waals surface area (Å²) in [6.45, 7) is -0.470. The highest BCUT2D eigenvalue weighted by atomic mass is 19.1. The monoisotopic (exact) mass is 376 g/mol. The molecule has 3 aromatic rings. The van der Waals surface area contributed by atoms with Crippen LogP contribution >= 0.6 is 0 Å². The van der Waals surface area contributed by atoms with Crippen molar-refractivity contribution in [3.63, 3.8) is 0 Å². The van der Waals surface area contributed by atoms with Crippen LogP contribution in [0.2, 0.25) is 0 Å². The molecule has 0 unspecified atom stereocenters. The Morgan fingerprint density at radius 3 is 2.29 bits per heavy atom. The van der Waals surface area contributed by atoms with Gasteiger partial charge in [0.05, 0.1) is 5.92 Å². The summed E-state index contributed by atoms with van der Waals surface area (Å²) >= 11 is 0. The van der Waals surface area contributed by atoms with E-state index in [2.05, 4.69) is 5.32 Å². The molecule has 140 valence electrons. The Hall–Kier alpha value is -3.54. The highest BCUT2D eigenvalue weighted by Crippen LogP contribution is 2.51. The molecule has 1 aliphatic rings. The fraction of sp³-hybridized carbons (Fsp3) is 0.136. The molecule has 0 aromatic heterocycles. The molecule has 2 atom stereocenters. The predicted octanol–water partition coefficient (Wildman–Crippen LogP) is 4.12. The molecule has 4 rings (SSSR count). The van der Waals surface area contributed by atoms with Crippen molar-refractivity contribution in [2.75, 3.05) is 11.9 Å². The Morgan fingerprint density at radius 2 is 1.64 bits per heavy atom. The zero-order valence-corrected chi connectivity index (χ0v) is 14.8. The lowest BCUT2D eigenvalue weighted by Gasteiger charge is -2.34. The topological polar surface area (TPSA) is 72.2 Å². The number of nitrogens with zero attached hydrogens (tertiary/aromatic N) is 1. The first-order valence-corrected chi connectivity index (χ1v) is 8.87. The SMILES string of the molecule is O=C1Nc2ccc(F)cc2[C@]1(c1ccccc1)[C@H](C[N+](=O)[O-])c1ccccc1. The first kappa shape index (κ1) is 17.9. The molecular weight excluding hydrogens is 359 g/mol. The molecule has 0 saturated heterocycles. The molecule has 5 nitrogen and oxygen atoms in total. The number of nitro groups is 1. The molecule has 1 amide bonds. The quantitative estimate of drug-likeness (QED) is 0.538. The molecule has 0 spiro atoms. The van der Waals surface area contributed by atoms with E-state index >= 15 is 0 Å². The summed E-state index contributed by atoms with van der Waals surface area (Å²) in [5.74, 6) is -1.70. The molecule has 0 bridgehead atoms. The number of hydrogen-bond acceptors (Lipinski definition) is 3. The Kier molecular flexibility index (Phi) is 4.39. The Bertz CT molecular complexity index is 1040. The minimum atomic E-state index is -1.41. The minimum absolute atomic E-state index is 0.394. The van der Waals surface area contributed by atoms with E-state index in [-0.39, 0.29) is 0 Å². The van der Waals surface area contributed by atoms with Crippen LogP contribution in [0.3, 0.4) is 0 Å². The van der Waals surface area contributed by atoms with Crippen molar-refractivity contribution in [1.29, 1.82) is 0 Å². The van der Waals surface area contributed by atoms with Gasteiger partial charge in [0.25, 0.3) is 0 Å². The molecule has 6 heteroatoms. The third-order valence-electron chi connectivity index (χ3n) is 5.30. The lowest BCUT2D eigenvalue weighted by Crippen LogP contribution is -2.44. The minimum Gasteiger partial charge on any atom is -0.325 e. The van der Waals surface area contributed by atoms with E-state index in [0.717, 1.165) is 0 Å². The van der Waals surface area contributed by atoms with Gasteiger partial charge in [0, 0.05) is 10.6 Å². The second-order valence-corrected chi connectivity index (χ2v) is 6.80. The van der Waals surface area contributed by atoms with Crippen molar-refractivity contribution in [3.05, 3.63) is 111 Å². The number of carbonyl (C=O) groups is 1. The van der Waals surface area contributed by atoms with Crippen molar-refractivity contribution in [1.82, 2.24) is 0 Å². The van der Waals surface area contributed by atoms with Crippen LogP contribution in [-0.2, 0) is 10.2 Å². The van der Waals surface area contributed by atoms with Gasteiger partial charge in [0.15, 0.2) is 0 Å². The number of rotatable bonds is 5. The molecule has 0 fully saturated rings. The Balaban J connectivity index is 2.06. The van der Waals surface area contributed by atoms with Gasteiger partial charge in [-0.05, 0) is 34.9 Å². The molecule has 0 radical (unpaired) electrons. The second-order valence-electron chi connectivity index (χ2n) is 6.80. The highest BCUT2D eigenvalue weighted by Gasteiger charge is 2.56. The smallest absolute Gasteiger partial charge is 0.240 e. The van der Waals surface area contributed by atoms with Gasteiger partial charge in [-0.15, -0.1) is 0 Å². The largest absolute Gasteiger partial charge is 0.325 e. The first-order valence-electron chi connectivity index (χ1n) is 8.87. The van der Waals surface area contributed by atoms with E-state index in [0.29, 0.717) is 22.4 Å². The van der Waals surface area contributed by atoms with E-state index in [1.54, 1.807) is 48.5 Å². The number of hydrogen-bond donors (Lipinski definition) is 1. The molecule has 1 heterocycles. The Labute approximate surface area is 161 Å². The van der Waals surface area contributed by atoms with Crippen molar-refractivity contribution in [3.8, 4) is 0 Å². The van der Waals surface area contributed by atoms with Crippen molar-refractivity contribution >= 4 is 11.6 Å². The van der Waals surface area contributed by atoms with Gasteiger partial charge >= 0.3 is 0 Å². The van der Waals surface area contributed by atoms with Crippen LogP contribution in [-0.4, -0.2) is 17.4 Å². The molecule has 0 aliphatic carbocycles. The van der Waals surface area contributed by atoms with E-state index < -0.39 is 34.5 Å². The zero-order chi connectivity index (χ0) is 19.7. The normalized spacial score (nSPS) is 19.0. The van der Waals surface area contributed by atoms with Gasteiger partial charge in [-0.25, -0.2) is 4.39 Å².